The van der Waals surface area contributed by atoms with Crippen molar-refractivity contribution in [2.24, 2.45) is 0 Å². The van der Waals surface area contributed by atoms with Crippen LogP contribution in [0.1, 0.15) is 31.7 Å². The van der Waals surface area contributed by atoms with Gasteiger partial charge in [-0.3, -0.25) is 4.79 Å². The SMILES string of the molecule is C#CC(=O)N[C@H]1CCC[C@H]1Nc1ncc2cc(-c3c(Cl)c(CC)cc(OC)c3Cl)ccc2n1. The van der Waals surface area contributed by atoms with Crippen molar-refractivity contribution in [3.05, 3.63) is 46.1 Å². The first kappa shape index (κ1) is 23.2. The number of ether oxygens (including phenoxy) is 1. The van der Waals surface area contributed by atoms with E-state index in [1.54, 1.807) is 13.3 Å². The summed E-state index contributed by atoms with van der Waals surface area (Å²) in [6, 6.07) is 7.69. The fraction of sp³-hybridized carbons (Fsp3) is 0.320. The van der Waals surface area contributed by atoms with Crippen molar-refractivity contribution in [2.75, 3.05) is 12.4 Å². The number of hydrogen-bond acceptors (Lipinski definition) is 5. The first-order valence-corrected chi connectivity index (χ1v) is 11.6. The van der Waals surface area contributed by atoms with Crippen molar-refractivity contribution in [1.82, 2.24) is 15.3 Å². The smallest absolute Gasteiger partial charge is 0.295 e. The average molecular weight is 483 g/mol. The lowest BCUT2D eigenvalue weighted by atomic mass is 9.99. The van der Waals surface area contributed by atoms with Crippen LogP contribution < -0.4 is 15.4 Å². The summed E-state index contributed by atoms with van der Waals surface area (Å²) >= 11 is 13.3. The van der Waals surface area contributed by atoms with Crippen molar-refractivity contribution >= 4 is 46.0 Å². The second-order valence-corrected chi connectivity index (χ2v) is 8.72. The van der Waals surface area contributed by atoms with Gasteiger partial charge in [0.05, 0.1) is 22.7 Å². The van der Waals surface area contributed by atoms with Gasteiger partial charge in [-0.2, -0.15) is 0 Å². The molecule has 4 rings (SSSR count). The highest BCUT2D eigenvalue weighted by Crippen LogP contribution is 2.43. The van der Waals surface area contributed by atoms with E-state index in [-0.39, 0.29) is 12.1 Å². The third-order valence-corrected chi connectivity index (χ3v) is 6.80. The second-order valence-electron chi connectivity index (χ2n) is 7.97. The number of aryl methyl sites for hydroxylation is 1. The summed E-state index contributed by atoms with van der Waals surface area (Å²) < 4.78 is 5.45. The summed E-state index contributed by atoms with van der Waals surface area (Å²) in [5.41, 5.74) is 3.34. The molecule has 33 heavy (non-hydrogen) atoms. The molecule has 0 unspecified atom stereocenters. The Hall–Kier alpha value is -3.01. The van der Waals surface area contributed by atoms with Gasteiger partial charge < -0.3 is 15.4 Å². The molecule has 6 nitrogen and oxygen atoms in total. The normalized spacial score (nSPS) is 17.5. The number of nitrogens with zero attached hydrogens (tertiary/aromatic N) is 2. The molecule has 0 saturated heterocycles. The van der Waals surface area contributed by atoms with Gasteiger partial charge in [0.25, 0.3) is 5.91 Å². The number of methoxy groups -OCH3 is 1. The molecular formula is C25H24Cl2N4O2. The van der Waals surface area contributed by atoms with Crippen LogP contribution in [0.4, 0.5) is 5.95 Å². The predicted octanol–water partition coefficient (Wildman–Crippen LogP) is 5.26. The van der Waals surface area contributed by atoms with Crippen LogP contribution in [0.3, 0.4) is 0 Å². The van der Waals surface area contributed by atoms with Crippen LogP contribution in [-0.4, -0.2) is 35.1 Å². The topological polar surface area (TPSA) is 76.1 Å². The highest BCUT2D eigenvalue weighted by Gasteiger charge is 2.29. The number of fused-ring (bicyclic) bond motifs is 1. The van der Waals surface area contributed by atoms with Crippen LogP contribution in [0.5, 0.6) is 5.75 Å². The number of aromatic nitrogens is 2. The Bertz CT molecular complexity index is 1230. The van der Waals surface area contributed by atoms with Crippen molar-refractivity contribution in [2.45, 2.75) is 44.7 Å². The van der Waals surface area contributed by atoms with Crippen LogP contribution >= 0.6 is 23.2 Å². The van der Waals surface area contributed by atoms with Gasteiger partial charge in [-0.05, 0) is 60.9 Å². The molecule has 0 aliphatic heterocycles. The number of terminal acetylenes is 1. The zero-order valence-electron chi connectivity index (χ0n) is 18.4. The molecule has 2 aromatic carbocycles. The number of hydrogen-bond donors (Lipinski definition) is 2. The van der Waals surface area contributed by atoms with E-state index < -0.39 is 5.91 Å². The molecule has 1 heterocycles. The summed E-state index contributed by atoms with van der Waals surface area (Å²) in [5.74, 6) is 2.80. The van der Waals surface area contributed by atoms with E-state index in [4.69, 9.17) is 34.4 Å². The summed E-state index contributed by atoms with van der Waals surface area (Å²) in [4.78, 5) is 20.7. The molecule has 1 fully saturated rings. The van der Waals surface area contributed by atoms with E-state index in [1.807, 2.05) is 31.2 Å². The van der Waals surface area contributed by atoms with Crippen LogP contribution in [0, 0.1) is 12.3 Å². The van der Waals surface area contributed by atoms with Crippen LogP contribution in [0.2, 0.25) is 10.0 Å². The molecule has 1 aromatic heterocycles. The van der Waals surface area contributed by atoms with Crippen molar-refractivity contribution in [3.8, 4) is 29.2 Å². The number of amides is 1. The van der Waals surface area contributed by atoms with Crippen molar-refractivity contribution in [1.29, 1.82) is 0 Å². The van der Waals surface area contributed by atoms with E-state index >= 15 is 0 Å². The van der Waals surface area contributed by atoms with Crippen molar-refractivity contribution < 1.29 is 9.53 Å². The number of carbonyl (C=O) groups is 1. The van der Waals surface area contributed by atoms with Crippen LogP contribution in [-0.2, 0) is 11.2 Å². The molecule has 0 radical (unpaired) electrons. The van der Waals surface area contributed by atoms with E-state index in [9.17, 15) is 4.79 Å². The summed E-state index contributed by atoms with van der Waals surface area (Å²) in [7, 11) is 1.59. The maximum absolute atomic E-state index is 11.6. The van der Waals surface area contributed by atoms with E-state index in [2.05, 4.69) is 26.5 Å². The van der Waals surface area contributed by atoms with E-state index in [0.29, 0.717) is 21.7 Å². The maximum Gasteiger partial charge on any atom is 0.295 e. The minimum absolute atomic E-state index is 0.0286. The Morgan fingerprint density at radius 3 is 2.76 bits per heavy atom. The minimum Gasteiger partial charge on any atom is -0.495 e. The van der Waals surface area contributed by atoms with Gasteiger partial charge in [0.2, 0.25) is 5.95 Å². The fourth-order valence-corrected chi connectivity index (χ4v) is 5.04. The lowest BCUT2D eigenvalue weighted by molar-refractivity contribution is -0.116. The van der Waals surface area contributed by atoms with Gasteiger partial charge in [-0.15, -0.1) is 6.42 Å². The zero-order chi connectivity index (χ0) is 23.5. The highest BCUT2D eigenvalue weighted by molar-refractivity contribution is 6.40. The molecule has 3 aromatic rings. The lowest BCUT2D eigenvalue weighted by Gasteiger charge is -2.21. The number of rotatable bonds is 6. The average Bonchev–Trinajstić information content (AvgIpc) is 3.25. The molecule has 0 bridgehead atoms. The maximum atomic E-state index is 11.6. The lowest BCUT2D eigenvalue weighted by Crippen LogP contribution is -2.43. The summed E-state index contributed by atoms with van der Waals surface area (Å²) in [5, 5.41) is 8.15. The Morgan fingerprint density at radius 1 is 1.24 bits per heavy atom. The first-order valence-electron chi connectivity index (χ1n) is 10.8. The molecule has 1 aliphatic carbocycles. The third-order valence-electron chi connectivity index (χ3n) is 5.99. The molecule has 1 amide bonds. The predicted molar refractivity (Wildman–Crippen MR) is 133 cm³/mol. The number of halogens is 2. The first-order chi connectivity index (χ1) is 15.9. The van der Waals surface area contributed by atoms with Gasteiger partial charge in [-0.1, -0.05) is 36.2 Å². The van der Waals surface area contributed by atoms with Crippen LogP contribution in [0.25, 0.3) is 22.0 Å². The Labute approximate surface area is 203 Å². The number of benzene rings is 2. The molecule has 1 aliphatic rings. The molecular weight excluding hydrogens is 459 g/mol. The van der Waals surface area contributed by atoms with Gasteiger partial charge in [0.1, 0.15) is 5.75 Å². The summed E-state index contributed by atoms with van der Waals surface area (Å²) in [6.45, 7) is 2.04. The molecule has 2 N–H and O–H groups in total. The van der Waals surface area contributed by atoms with Crippen molar-refractivity contribution in [3.63, 3.8) is 0 Å². The van der Waals surface area contributed by atoms with Gasteiger partial charge in [-0.25, -0.2) is 9.97 Å². The zero-order valence-corrected chi connectivity index (χ0v) is 19.9. The number of anilines is 1. The Kier molecular flexibility index (Phi) is 6.92. The summed E-state index contributed by atoms with van der Waals surface area (Å²) in [6.07, 6.45) is 10.5. The molecule has 8 heteroatoms. The molecule has 2 atom stereocenters. The van der Waals surface area contributed by atoms with E-state index in [1.165, 1.54) is 0 Å². The van der Waals surface area contributed by atoms with Gasteiger partial charge in [0, 0.05) is 29.2 Å². The standard InChI is InChI=1S/C25H24Cl2N4O2/c1-4-14-12-20(33-3)24(27)22(23(14)26)15-9-10-17-16(11-15)13-28-25(30-17)31-19-8-6-7-18(19)29-21(32)5-2/h2,9-13,18-19H,4,6-8H2,1,3H3,(H,29,32)(H,28,30,31)/t18-,19+/m0/s1. The van der Waals surface area contributed by atoms with Gasteiger partial charge in [0.15, 0.2) is 0 Å². The molecule has 1 saturated carbocycles. The second kappa shape index (κ2) is 9.86. The highest BCUT2D eigenvalue weighted by atomic mass is 35.5. The number of carbonyl (C=O) groups excluding carboxylic acids is 1. The monoisotopic (exact) mass is 482 g/mol. The van der Waals surface area contributed by atoms with E-state index in [0.717, 1.165) is 53.3 Å². The molecule has 0 spiro atoms. The minimum atomic E-state index is -0.401. The largest absolute Gasteiger partial charge is 0.495 e. The third kappa shape index (κ3) is 4.71. The Balaban J connectivity index is 1.63. The fourth-order valence-electron chi connectivity index (χ4n) is 4.26. The Morgan fingerprint density at radius 2 is 2.03 bits per heavy atom. The van der Waals surface area contributed by atoms with Gasteiger partial charge >= 0.3 is 0 Å². The van der Waals surface area contributed by atoms with Crippen LogP contribution in [0.15, 0.2) is 30.5 Å². The quantitative estimate of drug-likeness (QED) is 0.468. The molecule has 170 valence electrons. The number of nitrogens with one attached hydrogen (secondary N) is 2.